The topological polar surface area (TPSA) is 32.3 Å². The van der Waals surface area contributed by atoms with Gasteiger partial charge in [0.25, 0.3) is 0 Å². The van der Waals surface area contributed by atoms with Crippen LogP contribution in [0.3, 0.4) is 0 Å². The molecule has 0 fully saturated rings. The molecular formula is C13H20N2OS. The first kappa shape index (κ1) is 14.1. The van der Waals surface area contributed by atoms with Gasteiger partial charge in [-0.3, -0.25) is 4.79 Å². The predicted octanol–water partition coefficient (Wildman–Crippen LogP) is 2.44. The average Bonchev–Trinajstić information content (AvgIpc) is 2.26. The summed E-state index contributed by atoms with van der Waals surface area (Å²) in [6.07, 6.45) is 2.57. The Kier molecular flexibility index (Phi) is 6.08. The number of amides is 1. The third kappa shape index (κ3) is 5.75. The Labute approximate surface area is 108 Å². The number of carbonyl (C=O) groups excluding carboxylic acids is 1. The number of hydrogen-bond acceptors (Lipinski definition) is 3. The van der Waals surface area contributed by atoms with Gasteiger partial charge in [0.2, 0.25) is 5.91 Å². The highest BCUT2D eigenvalue weighted by Gasteiger charge is 2.02. The summed E-state index contributed by atoms with van der Waals surface area (Å²) in [5.41, 5.74) is 2.09. The van der Waals surface area contributed by atoms with E-state index in [0.29, 0.717) is 6.42 Å². The fourth-order valence-corrected chi connectivity index (χ4v) is 1.92. The molecule has 1 aromatic rings. The lowest BCUT2D eigenvalue weighted by Crippen LogP contribution is -2.13. The molecular weight excluding hydrogens is 232 g/mol. The number of rotatable bonds is 6. The van der Waals surface area contributed by atoms with E-state index in [1.165, 1.54) is 5.56 Å². The zero-order valence-corrected chi connectivity index (χ0v) is 11.5. The van der Waals surface area contributed by atoms with Gasteiger partial charge >= 0.3 is 0 Å². The summed E-state index contributed by atoms with van der Waals surface area (Å²) in [4.78, 5) is 13.7. The van der Waals surface area contributed by atoms with Gasteiger partial charge in [-0.15, -0.1) is 0 Å². The number of thioether (sulfide) groups is 1. The van der Waals surface area contributed by atoms with Gasteiger partial charge in [-0.25, -0.2) is 0 Å². The molecule has 0 radical (unpaired) electrons. The molecule has 0 aliphatic heterocycles. The van der Waals surface area contributed by atoms with E-state index in [1.54, 1.807) is 11.8 Å². The summed E-state index contributed by atoms with van der Waals surface area (Å²) in [7, 11) is 4.06. The molecule has 4 heteroatoms. The summed E-state index contributed by atoms with van der Waals surface area (Å²) >= 11 is 1.68. The Balaban J connectivity index is 2.56. The van der Waals surface area contributed by atoms with Crippen molar-refractivity contribution in [3.8, 4) is 0 Å². The second kappa shape index (κ2) is 7.35. The van der Waals surface area contributed by atoms with Gasteiger partial charge in [-0.2, -0.15) is 11.8 Å². The van der Waals surface area contributed by atoms with Crippen LogP contribution in [0.4, 0.5) is 5.69 Å². The van der Waals surface area contributed by atoms with E-state index in [4.69, 9.17) is 0 Å². The highest BCUT2D eigenvalue weighted by Crippen LogP contribution is 2.12. The third-order valence-corrected chi connectivity index (χ3v) is 2.86. The van der Waals surface area contributed by atoms with Gasteiger partial charge in [0, 0.05) is 24.4 Å². The number of nitrogens with zero attached hydrogens (tertiary/aromatic N) is 1. The van der Waals surface area contributed by atoms with Crippen LogP contribution >= 0.6 is 11.8 Å². The zero-order valence-electron chi connectivity index (χ0n) is 10.7. The maximum atomic E-state index is 11.6. The molecule has 0 bridgehead atoms. The van der Waals surface area contributed by atoms with Gasteiger partial charge in [0.15, 0.2) is 0 Å². The number of benzene rings is 1. The normalized spacial score (nSPS) is 10.6. The van der Waals surface area contributed by atoms with E-state index in [2.05, 4.69) is 16.3 Å². The zero-order chi connectivity index (χ0) is 12.7. The monoisotopic (exact) mass is 252 g/mol. The smallest absolute Gasteiger partial charge is 0.225 e. The molecule has 0 spiro atoms. The summed E-state index contributed by atoms with van der Waals surface area (Å²) in [5, 5.41) is 2.92. The quantitative estimate of drug-likeness (QED) is 0.844. The van der Waals surface area contributed by atoms with Crippen molar-refractivity contribution >= 4 is 23.4 Å². The molecule has 0 aromatic heterocycles. The van der Waals surface area contributed by atoms with Crippen LogP contribution in [0.15, 0.2) is 24.3 Å². The van der Waals surface area contributed by atoms with Gasteiger partial charge < -0.3 is 10.2 Å². The molecule has 1 N–H and O–H groups in total. The highest BCUT2D eigenvalue weighted by atomic mass is 32.2. The standard InChI is InChI=1S/C13H20N2OS/c1-15(2)10-11-5-4-6-12(9-11)14-13(16)7-8-17-3/h4-6,9H,7-8,10H2,1-3H3,(H,14,16). The van der Waals surface area contributed by atoms with Crippen molar-refractivity contribution in [3.63, 3.8) is 0 Å². The van der Waals surface area contributed by atoms with Crippen LogP contribution in [0.5, 0.6) is 0 Å². The Morgan fingerprint density at radius 2 is 2.18 bits per heavy atom. The van der Waals surface area contributed by atoms with Crippen LogP contribution in [0.2, 0.25) is 0 Å². The van der Waals surface area contributed by atoms with Crippen molar-refractivity contribution in [1.82, 2.24) is 4.90 Å². The number of anilines is 1. The fraction of sp³-hybridized carbons (Fsp3) is 0.462. The van der Waals surface area contributed by atoms with E-state index in [0.717, 1.165) is 18.0 Å². The van der Waals surface area contributed by atoms with Crippen LogP contribution < -0.4 is 5.32 Å². The van der Waals surface area contributed by atoms with Crippen LogP contribution in [0.1, 0.15) is 12.0 Å². The SMILES string of the molecule is CSCCC(=O)Nc1cccc(CN(C)C)c1. The average molecular weight is 252 g/mol. The minimum atomic E-state index is 0.0846. The molecule has 1 amide bonds. The summed E-state index contributed by atoms with van der Waals surface area (Å²) in [6.45, 7) is 0.883. The van der Waals surface area contributed by atoms with Gasteiger partial charge in [-0.1, -0.05) is 12.1 Å². The van der Waals surface area contributed by atoms with E-state index in [1.807, 2.05) is 38.6 Å². The molecule has 0 aliphatic rings. The Bertz CT molecular complexity index is 366. The lowest BCUT2D eigenvalue weighted by molar-refractivity contribution is -0.115. The molecule has 0 saturated carbocycles. The van der Waals surface area contributed by atoms with Gasteiger partial charge in [-0.05, 0) is 38.0 Å². The molecule has 0 heterocycles. The first-order valence-corrected chi connectivity index (χ1v) is 7.03. The molecule has 0 saturated heterocycles. The molecule has 3 nitrogen and oxygen atoms in total. The van der Waals surface area contributed by atoms with Crippen molar-refractivity contribution in [2.24, 2.45) is 0 Å². The molecule has 0 atom stereocenters. The Hall–Kier alpha value is -1.00. The maximum Gasteiger partial charge on any atom is 0.225 e. The van der Waals surface area contributed by atoms with E-state index in [-0.39, 0.29) is 5.91 Å². The van der Waals surface area contributed by atoms with Crippen molar-refractivity contribution in [3.05, 3.63) is 29.8 Å². The molecule has 0 unspecified atom stereocenters. The molecule has 1 aromatic carbocycles. The van der Waals surface area contributed by atoms with Crippen LogP contribution in [-0.2, 0) is 11.3 Å². The van der Waals surface area contributed by atoms with Gasteiger partial charge in [0.1, 0.15) is 0 Å². The second-order valence-electron chi connectivity index (χ2n) is 4.23. The molecule has 0 aliphatic carbocycles. The number of carbonyl (C=O) groups is 1. The maximum absolute atomic E-state index is 11.6. The van der Waals surface area contributed by atoms with Crippen molar-refractivity contribution in [2.45, 2.75) is 13.0 Å². The van der Waals surface area contributed by atoms with E-state index < -0.39 is 0 Å². The lowest BCUT2D eigenvalue weighted by Gasteiger charge is -2.11. The van der Waals surface area contributed by atoms with Crippen molar-refractivity contribution in [2.75, 3.05) is 31.4 Å². The Morgan fingerprint density at radius 1 is 1.41 bits per heavy atom. The van der Waals surface area contributed by atoms with Gasteiger partial charge in [0.05, 0.1) is 0 Å². The van der Waals surface area contributed by atoms with E-state index >= 15 is 0 Å². The third-order valence-electron chi connectivity index (χ3n) is 2.24. The number of hydrogen-bond donors (Lipinski definition) is 1. The van der Waals surface area contributed by atoms with Crippen LogP contribution in [-0.4, -0.2) is 36.9 Å². The van der Waals surface area contributed by atoms with E-state index in [9.17, 15) is 4.79 Å². The fourth-order valence-electron chi connectivity index (χ4n) is 1.53. The molecule has 1 rings (SSSR count). The second-order valence-corrected chi connectivity index (χ2v) is 5.21. The van der Waals surface area contributed by atoms with Crippen LogP contribution in [0, 0.1) is 0 Å². The minimum Gasteiger partial charge on any atom is -0.326 e. The largest absolute Gasteiger partial charge is 0.326 e. The highest BCUT2D eigenvalue weighted by molar-refractivity contribution is 7.98. The summed E-state index contributed by atoms with van der Waals surface area (Å²) < 4.78 is 0. The lowest BCUT2D eigenvalue weighted by atomic mass is 10.2. The first-order chi connectivity index (χ1) is 8.11. The molecule has 17 heavy (non-hydrogen) atoms. The summed E-state index contributed by atoms with van der Waals surface area (Å²) in [6, 6.07) is 7.99. The summed E-state index contributed by atoms with van der Waals surface area (Å²) in [5.74, 6) is 0.949. The Morgan fingerprint density at radius 3 is 2.82 bits per heavy atom. The number of nitrogens with one attached hydrogen (secondary N) is 1. The predicted molar refractivity (Wildman–Crippen MR) is 75.5 cm³/mol. The van der Waals surface area contributed by atoms with Crippen molar-refractivity contribution in [1.29, 1.82) is 0 Å². The molecule has 94 valence electrons. The minimum absolute atomic E-state index is 0.0846. The van der Waals surface area contributed by atoms with Crippen LogP contribution in [0.25, 0.3) is 0 Å². The van der Waals surface area contributed by atoms with Crippen molar-refractivity contribution < 1.29 is 4.79 Å². The first-order valence-electron chi connectivity index (χ1n) is 5.64.